The van der Waals surface area contributed by atoms with E-state index in [1.165, 1.54) is 0 Å². The Morgan fingerprint density at radius 3 is 1.75 bits per heavy atom. The molecule has 0 aromatic rings. The molecule has 0 N–H and O–H groups in total. The molecule has 1 rings (SSSR count). The van der Waals surface area contributed by atoms with Crippen LogP contribution < -0.4 is 34.7 Å². The van der Waals surface area contributed by atoms with Crippen LogP contribution in [0.4, 0.5) is 13.2 Å². The first-order chi connectivity index (χ1) is 5.00. The summed E-state index contributed by atoms with van der Waals surface area (Å²) in [5.41, 5.74) is 0. The molecule has 0 heterocycles. The van der Waals surface area contributed by atoms with Crippen LogP contribution in [-0.2, 0) is 0 Å². The van der Waals surface area contributed by atoms with E-state index < -0.39 is 18.2 Å². The molecule has 1 fully saturated rings. The molecule has 0 radical (unpaired) electrons. The van der Waals surface area contributed by atoms with Crippen LogP contribution in [0.5, 0.6) is 0 Å². The molecule has 1 aliphatic carbocycles. The number of alkyl halides is 3. The Kier molecular flexibility index (Phi) is 5.14. The van der Waals surface area contributed by atoms with Gasteiger partial charge in [0.1, 0.15) is 0 Å². The predicted octanol–water partition coefficient (Wildman–Crippen LogP) is -1.53. The van der Waals surface area contributed by atoms with Gasteiger partial charge in [-0.15, -0.1) is 6.10 Å². The summed E-state index contributed by atoms with van der Waals surface area (Å²) in [7, 11) is 0. The minimum atomic E-state index is -4.08. The second kappa shape index (κ2) is 4.84. The molecule has 1 aliphatic rings. The molecule has 1 saturated carbocycles. The maximum Gasteiger partial charge on any atom is 1.00 e. The molecule has 0 unspecified atom stereocenters. The Hall–Kier alpha value is 0.750. The fraction of sp³-hybridized carbons (Fsp3) is 1.00. The fourth-order valence-electron chi connectivity index (χ4n) is 1.39. The summed E-state index contributed by atoms with van der Waals surface area (Å²) in [5.74, 6) is -1.22. The molecular weight excluding hydrogens is 180 g/mol. The molecule has 12 heavy (non-hydrogen) atoms. The van der Waals surface area contributed by atoms with Crippen LogP contribution in [0.3, 0.4) is 0 Å². The molecule has 0 amide bonds. The van der Waals surface area contributed by atoms with E-state index >= 15 is 0 Å². The minimum Gasteiger partial charge on any atom is -0.852 e. The molecule has 1 nitrogen and oxygen atoms in total. The Balaban J connectivity index is 0.00000121. The molecule has 5 heteroatoms. The van der Waals surface area contributed by atoms with Crippen molar-refractivity contribution >= 4 is 0 Å². The second-order valence-corrected chi connectivity index (χ2v) is 3.02. The van der Waals surface area contributed by atoms with Crippen LogP contribution in [0.15, 0.2) is 0 Å². The molecule has 0 bridgehead atoms. The van der Waals surface area contributed by atoms with Gasteiger partial charge in [0, 0.05) is 0 Å². The van der Waals surface area contributed by atoms with Gasteiger partial charge in [-0.3, -0.25) is 0 Å². The monoisotopic (exact) mass is 190 g/mol. The molecule has 0 aromatic carbocycles. The van der Waals surface area contributed by atoms with Crippen molar-refractivity contribution in [1.82, 2.24) is 0 Å². The smallest absolute Gasteiger partial charge is 0.852 e. The topological polar surface area (TPSA) is 23.1 Å². The average Bonchev–Trinajstić information content (AvgIpc) is 1.86. The Bertz CT molecular complexity index is 129. The fourth-order valence-corrected chi connectivity index (χ4v) is 1.39. The van der Waals surface area contributed by atoms with E-state index in [2.05, 4.69) is 0 Å². The van der Waals surface area contributed by atoms with Crippen molar-refractivity contribution in [1.29, 1.82) is 0 Å². The third kappa shape index (κ3) is 3.64. The van der Waals surface area contributed by atoms with E-state index in [0.717, 1.165) is 0 Å². The van der Waals surface area contributed by atoms with Crippen molar-refractivity contribution in [3.8, 4) is 0 Å². The minimum absolute atomic E-state index is 0. The normalized spacial score (nSPS) is 31.0. The largest absolute Gasteiger partial charge is 1.00 e. The molecule has 0 atom stereocenters. The first kappa shape index (κ1) is 12.8. The SMILES string of the molecule is [Na+].[O-]C1CCC(C(F)(F)F)CC1. The van der Waals surface area contributed by atoms with Crippen molar-refractivity contribution in [2.45, 2.75) is 38.0 Å². The van der Waals surface area contributed by atoms with Gasteiger partial charge in [0.25, 0.3) is 0 Å². The second-order valence-electron chi connectivity index (χ2n) is 3.02. The van der Waals surface area contributed by atoms with E-state index in [1.807, 2.05) is 0 Å². The molecule has 0 saturated heterocycles. The third-order valence-electron chi connectivity index (χ3n) is 2.14. The van der Waals surface area contributed by atoms with E-state index in [1.54, 1.807) is 0 Å². The van der Waals surface area contributed by atoms with E-state index in [0.29, 0.717) is 0 Å². The van der Waals surface area contributed by atoms with Crippen molar-refractivity contribution in [3.63, 3.8) is 0 Å². The van der Waals surface area contributed by atoms with Crippen LogP contribution >= 0.6 is 0 Å². The van der Waals surface area contributed by atoms with Gasteiger partial charge in [-0.05, 0) is 12.8 Å². The molecule has 0 spiro atoms. The van der Waals surface area contributed by atoms with Crippen molar-refractivity contribution in [3.05, 3.63) is 0 Å². The Labute approximate surface area is 91.6 Å². The zero-order chi connectivity index (χ0) is 8.48. The van der Waals surface area contributed by atoms with Crippen LogP contribution in [-0.4, -0.2) is 12.3 Å². The van der Waals surface area contributed by atoms with Crippen LogP contribution in [0.1, 0.15) is 25.7 Å². The molecular formula is C7H10F3NaO. The van der Waals surface area contributed by atoms with Gasteiger partial charge in [-0.2, -0.15) is 13.2 Å². The molecule has 0 aromatic heterocycles. The van der Waals surface area contributed by atoms with Crippen molar-refractivity contribution in [2.75, 3.05) is 0 Å². The maximum atomic E-state index is 12.0. The number of hydrogen-bond donors (Lipinski definition) is 0. The first-order valence-electron chi connectivity index (χ1n) is 3.72. The number of rotatable bonds is 0. The molecule has 0 aliphatic heterocycles. The van der Waals surface area contributed by atoms with Gasteiger partial charge in [0.15, 0.2) is 0 Å². The van der Waals surface area contributed by atoms with Gasteiger partial charge in [0.2, 0.25) is 0 Å². The maximum absolute atomic E-state index is 12.0. The summed E-state index contributed by atoms with van der Waals surface area (Å²) in [5, 5.41) is 10.7. The quantitative estimate of drug-likeness (QED) is 0.425. The summed E-state index contributed by atoms with van der Waals surface area (Å²) in [4.78, 5) is 0. The summed E-state index contributed by atoms with van der Waals surface area (Å²) in [6, 6.07) is 0. The van der Waals surface area contributed by atoms with Crippen molar-refractivity contribution < 1.29 is 47.8 Å². The zero-order valence-corrected chi connectivity index (χ0v) is 9.03. The van der Waals surface area contributed by atoms with E-state index in [9.17, 15) is 18.3 Å². The van der Waals surface area contributed by atoms with Gasteiger partial charge < -0.3 is 5.11 Å². The Morgan fingerprint density at radius 2 is 1.42 bits per heavy atom. The Morgan fingerprint density at radius 1 is 1.00 bits per heavy atom. The first-order valence-corrected chi connectivity index (χ1v) is 3.72. The summed E-state index contributed by atoms with van der Waals surface area (Å²) < 4.78 is 35.9. The predicted molar refractivity (Wildman–Crippen MR) is 31.8 cm³/mol. The summed E-state index contributed by atoms with van der Waals surface area (Å²) in [6.07, 6.45) is -4.42. The van der Waals surface area contributed by atoms with Gasteiger partial charge in [0.05, 0.1) is 5.92 Å². The van der Waals surface area contributed by atoms with E-state index in [-0.39, 0.29) is 55.2 Å². The van der Waals surface area contributed by atoms with Gasteiger partial charge in [-0.25, -0.2) is 0 Å². The molecule has 66 valence electrons. The summed E-state index contributed by atoms with van der Waals surface area (Å²) in [6.45, 7) is 0. The number of halogens is 3. The van der Waals surface area contributed by atoms with Crippen molar-refractivity contribution in [2.24, 2.45) is 5.92 Å². The third-order valence-corrected chi connectivity index (χ3v) is 2.14. The van der Waals surface area contributed by atoms with Gasteiger partial charge in [-0.1, -0.05) is 12.8 Å². The van der Waals surface area contributed by atoms with Crippen LogP contribution in [0.2, 0.25) is 0 Å². The van der Waals surface area contributed by atoms with Gasteiger partial charge >= 0.3 is 35.7 Å². The van der Waals surface area contributed by atoms with E-state index in [4.69, 9.17) is 0 Å². The van der Waals surface area contributed by atoms with Crippen LogP contribution in [0, 0.1) is 5.92 Å². The summed E-state index contributed by atoms with van der Waals surface area (Å²) >= 11 is 0. The van der Waals surface area contributed by atoms with Crippen LogP contribution in [0.25, 0.3) is 0 Å². The average molecular weight is 190 g/mol. The number of hydrogen-bond acceptors (Lipinski definition) is 1. The standard InChI is InChI=1S/C7H10F3O.Na/c8-7(9,10)5-1-3-6(11)4-2-5;/h5-6H,1-4H2;/q-1;+1. The zero-order valence-electron chi connectivity index (χ0n) is 7.03.